The molecule has 0 unspecified atom stereocenters. The quantitative estimate of drug-likeness (QED) is 0.732. The van der Waals surface area contributed by atoms with Gasteiger partial charge in [-0.15, -0.1) is 0 Å². The number of aliphatic hydroxyl groups is 1. The van der Waals surface area contributed by atoms with Crippen molar-refractivity contribution in [3.05, 3.63) is 36.2 Å². The van der Waals surface area contributed by atoms with E-state index in [9.17, 15) is 14.7 Å². The number of carbonyl (C=O) groups excluding carboxylic acids is 2. The second kappa shape index (κ2) is 8.53. The van der Waals surface area contributed by atoms with E-state index in [0.717, 1.165) is 5.52 Å². The van der Waals surface area contributed by atoms with E-state index in [-0.39, 0.29) is 12.3 Å². The summed E-state index contributed by atoms with van der Waals surface area (Å²) < 4.78 is 4.75. The molecule has 25 heavy (non-hydrogen) atoms. The van der Waals surface area contributed by atoms with E-state index >= 15 is 0 Å². The number of nitrogens with zero attached hydrogens (tertiary/aromatic N) is 2. The number of aromatic nitrogens is 2. The Hall–Kier alpha value is -2.54. The number of hydrogen-bond donors (Lipinski definition) is 2. The molecule has 7 nitrogen and oxygen atoms in total. The van der Waals surface area contributed by atoms with Crippen molar-refractivity contribution >= 4 is 22.9 Å². The number of methoxy groups -OCH3 is 1. The second-order valence-electron chi connectivity index (χ2n) is 6.28. The van der Waals surface area contributed by atoms with Crippen LogP contribution in [0.3, 0.4) is 0 Å². The van der Waals surface area contributed by atoms with E-state index in [0.29, 0.717) is 17.6 Å². The first-order valence-corrected chi connectivity index (χ1v) is 8.17. The van der Waals surface area contributed by atoms with Crippen molar-refractivity contribution in [2.75, 3.05) is 7.11 Å². The first kappa shape index (κ1) is 18.8. The van der Waals surface area contributed by atoms with Crippen LogP contribution in [0.2, 0.25) is 0 Å². The Morgan fingerprint density at radius 2 is 1.92 bits per heavy atom. The van der Waals surface area contributed by atoms with E-state index in [1.807, 2.05) is 38.1 Å². The maximum atomic E-state index is 12.1. The van der Waals surface area contributed by atoms with Gasteiger partial charge in [-0.25, -0.2) is 9.78 Å². The second-order valence-corrected chi connectivity index (χ2v) is 6.28. The molecule has 0 saturated carbocycles. The van der Waals surface area contributed by atoms with E-state index in [2.05, 4.69) is 15.3 Å². The van der Waals surface area contributed by atoms with Crippen molar-refractivity contribution in [3.8, 4) is 0 Å². The zero-order valence-corrected chi connectivity index (χ0v) is 14.6. The predicted molar refractivity (Wildman–Crippen MR) is 92.7 cm³/mol. The van der Waals surface area contributed by atoms with Crippen LogP contribution in [0.5, 0.6) is 0 Å². The Labute approximate surface area is 146 Å². The molecule has 0 radical (unpaired) electrons. The molecule has 0 bridgehead atoms. The molecule has 0 fully saturated rings. The third-order valence-corrected chi connectivity index (χ3v) is 3.71. The summed E-state index contributed by atoms with van der Waals surface area (Å²) in [5, 5.41) is 12.4. The van der Waals surface area contributed by atoms with Crippen molar-refractivity contribution in [1.82, 2.24) is 15.3 Å². The normalized spacial score (nSPS) is 13.5. The topological polar surface area (TPSA) is 101 Å². The number of fused-ring (bicyclic) bond motifs is 1. The fraction of sp³-hybridized carbons (Fsp3) is 0.444. The van der Waals surface area contributed by atoms with Crippen LogP contribution in [-0.4, -0.2) is 46.2 Å². The van der Waals surface area contributed by atoms with E-state index < -0.39 is 24.0 Å². The number of hydrogen-bond acceptors (Lipinski definition) is 6. The van der Waals surface area contributed by atoms with Crippen molar-refractivity contribution in [2.45, 2.75) is 38.8 Å². The number of rotatable bonds is 7. The highest BCUT2D eigenvalue weighted by atomic mass is 16.5. The minimum absolute atomic E-state index is 0.130. The lowest BCUT2D eigenvalue weighted by Gasteiger charge is -2.19. The van der Waals surface area contributed by atoms with Crippen LogP contribution in [0.4, 0.5) is 0 Å². The smallest absolute Gasteiger partial charge is 0.328 e. The van der Waals surface area contributed by atoms with Crippen LogP contribution >= 0.6 is 0 Å². The van der Waals surface area contributed by atoms with Gasteiger partial charge in [0, 0.05) is 12.6 Å². The standard InChI is InChI=1S/C18H23N3O4/c1-11(2)8-16(22)17(23)21-15(18(24)25-3)9-12-10-19-13-6-4-5-7-14(13)20-12/h4-7,10-11,15-16,22H,8-9H2,1-3H3,(H,21,23)/t15-,16+/m1/s1. The van der Waals surface area contributed by atoms with Gasteiger partial charge in [0.2, 0.25) is 5.91 Å². The molecular formula is C18H23N3O4. The number of aliphatic hydroxyl groups excluding tert-OH is 1. The summed E-state index contributed by atoms with van der Waals surface area (Å²) in [6, 6.07) is 6.44. The molecule has 2 atom stereocenters. The van der Waals surface area contributed by atoms with Gasteiger partial charge in [-0.05, 0) is 24.5 Å². The van der Waals surface area contributed by atoms with Crippen LogP contribution in [0, 0.1) is 5.92 Å². The minimum Gasteiger partial charge on any atom is -0.467 e. The Morgan fingerprint density at radius 3 is 2.56 bits per heavy atom. The zero-order chi connectivity index (χ0) is 18.4. The number of ether oxygens (including phenoxy) is 1. The predicted octanol–water partition coefficient (Wildman–Crippen LogP) is 1.24. The van der Waals surface area contributed by atoms with Crippen LogP contribution < -0.4 is 5.32 Å². The molecule has 1 aromatic heterocycles. The Balaban J connectivity index is 2.13. The molecule has 1 amide bonds. The molecule has 134 valence electrons. The summed E-state index contributed by atoms with van der Waals surface area (Å²) in [6.45, 7) is 3.80. The number of benzene rings is 1. The van der Waals surface area contributed by atoms with Crippen molar-refractivity contribution in [1.29, 1.82) is 0 Å². The molecule has 1 aromatic carbocycles. The van der Waals surface area contributed by atoms with E-state index in [4.69, 9.17) is 4.74 Å². The van der Waals surface area contributed by atoms with Crippen LogP contribution in [0.25, 0.3) is 11.0 Å². The van der Waals surface area contributed by atoms with Gasteiger partial charge in [0.1, 0.15) is 12.1 Å². The first-order valence-electron chi connectivity index (χ1n) is 8.17. The lowest BCUT2D eigenvalue weighted by Crippen LogP contribution is -2.47. The lowest BCUT2D eigenvalue weighted by molar-refractivity contribution is -0.146. The number of para-hydroxylation sites is 2. The van der Waals surface area contributed by atoms with Gasteiger partial charge in [0.15, 0.2) is 0 Å². The van der Waals surface area contributed by atoms with Gasteiger partial charge >= 0.3 is 5.97 Å². The summed E-state index contributed by atoms with van der Waals surface area (Å²) in [7, 11) is 1.25. The number of nitrogens with one attached hydrogen (secondary N) is 1. The van der Waals surface area contributed by atoms with Crippen LogP contribution in [0.15, 0.2) is 30.5 Å². The molecule has 0 aliphatic carbocycles. The van der Waals surface area contributed by atoms with Gasteiger partial charge in [-0.1, -0.05) is 26.0 Å². The molecule has 2 rings (SSSR count). The summed E-state index contributed by atoms with van der Waals surface area (Å²) in [5.74, 6) is -1.04. The fourth-order valence-corrected chi connectivity index (χ4v) is 2.46. The average molecular weight is 345 g/mol. The van der Waals surface area contributed by atoms with Gasteiger partial charge in [-0.3, -0.25) is 9.78 Å². The number of carbonyl (C=O) groups is 2. The number of amides is 1. The van der Waals surface area contributed by atoms with E-state index in [1.165, 1.54) is 7.11 Å². The largest absolute Gasteiger partial charge is 0.467 e. The highest BCUT2D eigenvalue weighted by Crippen LogP contribution is 2.11. The van der Waals surface area contributed by atoms with Gasteiger partial charge in [0.05, 0.1) is 23.8 Å². The molecule has 2 aromatic rings. The zero-order valence-electron chi connectivity index (χ0n) is 14.6. The van der Waals surface area contributed by atoms with Crippen molar-refractivity contribution in [2.24, 2.45) is 5.92 Å². The van der Waals surface area contributed by atoms with Gasteiger partial charge < -0.3 is 15.2 Å². The maximum Gasteiger partial charge on any atom is 0.328 e. The Bertz CT molecular complexity index is 748. The number of esters is 1. The van der Waals surface area contributed by atoms with Crippen molar-refractivity contribution < 1.29 is 19.4 Å². The summed E-state index contributed by atoms with van der Waals surface area (Å²) in [6.07, 6.45) is 0.838. The molecule has 1 heterocycles. The highest BCUT2D eigenvalue weighted by molar-refractivity contribution is 5.87. The molecule has 0 aliphatic heterocycles. The van der Waals surface area contributed by atoms with Gasteiger partial charge in [0.25, 0.3) is 0 Å². The van der Waals surface area contributed by atoms with Crippen LogP contribution in [-0.2, 0) is 20.7 Å². The molecular weight excluding hydrogens is 322 g/mol. The summed E-state index contributed by atoms with van der Waals surface area (Å²) in [5.41, 5.74) is 2.00. The van der Waals surface area contributed by atoms with Gasteiger partial charge in [-0.2, -0.15) is 0 Å². The highest BCUT2D eigenvalue weighted by Gasteiger charge is 2.26. The molecule has 0 saturated heterocycles. The molecule has 0 spiro atoms. The summed E-state index contributed by atoms with van der Waals surface area (Å²) in [4.78, 5) is 32.8. The minimum atomic E-state index is -1.17. The first-order chi connectivity index (χ1) is 11.9. The average Bonchev–Trinajstić information content (AvgIpc) is 2.59. The molecule has 0 aliphatic rings. The third-order valence-electron chi connectivity index (χ3n) is 3.71. The fourth-order valence-electron chi connectivity index (χ4n) is 2.46. The van der Waals surface area contributed by atoms with Crippen LogP contribution in [0.1, 0.15) is 26.0 Å². The SMILES string of the molecule is COC(=O)[C@@H](Cc1cnc2ccccc2n1)NC(=O)[C@@H](O)CC(C)C. The summed E-state index contributed by atoms with van der Waals surface area (Å²) >= 11 is 0. The monoisotopic (exact) mass is 345 g/mol. The third kappa shape index (κ3) is 5.22. The van der Waals surface area contributed by atoms with E-state index in [1.54, 1.807) is 6.20 Å². The lowest BCUT2D eigenvalue weighted by atomic mass is 10.0. The molecule has 7 heteroatoms. The van der Waals surface area contributed by atoms with Crippen molar-refractivity contribution in [3.63, 3.8) is 0 Å². The Kier molecular flexibility index (Phi) is 6.41. The molecule has 2 N–H and O–H groups in total. The Morgan fingerprint density at radius 1 is 1.24 bits per heavy atom. The maximum absolute atomic E-state index is 12.1.